The number of ether oxygens (including phenoxy) is 1. The van der Waals surface area contributed by atoms with Gasteiger partial charge in [0.2, 0.25) is 0 Å². The number of hydrogen-bond donors (Lipinski definition) is 1. The lowest BCUT2D eigenvalue weighted by atomic mass is 9.94. The molecule has 0 spiro atoms. The molecule has 4 heteroatoms. The number of fused-ring (bicyclic) bond motifs is 1. The summed E-state index contributed by atoms with van der Waals surface area (Å²) in [7, 11) is 1.69. The van der Waals surface area contributed by atoms with Gasteiger partial charge in [-0.3, -0.25) is 0 Å². The zero-order chi connectivity index (χ0) is 15.0. The van der Waals surface area contributed by atoms with Crippen LogP contribution >= 0.6 is 0 Å². The first-order valence-corrected chi connectivity index (χ1v) is 7.86. The third-order valence-electron chi connectivity index (χ3n) is 4.60. The SMILES string of the molecule is COc1ccc2c(c1)nc(CC1(N)CCCC1)n2C(C)C. The van der Waals surface area contributed by atoms with Crippen molar-refractivity contribution in [1.82, 2.24) is 9.55 Å². The Labute approximate surface area is 126 Å². The Morgan fingerprint density at radius 2 is 2.05 bits per heavy atom. The van der Waals surface area contributed by atoms with E-state index in [0.29, 0.717) is 6.04 Å². The summed E-state index contributed by atoms with van der Waals surface area (Å²) in [5, 5.41) is 0. The minimum absolute atomic E-state index is 0.0713. The van der Waals surface area contributed by atoms with Crippen molar-refractivity contribution in [3.05, 3.63) is 24.0 Å². The molecule has 0 aliphatic heterocycles. The third-order valence-corrected chi connectivity index (χ3v) is 4.60. The van der Waals surface area contributed by atoms with Crippen LogP contribution in [-0.4, -0.2) is 22.2 Å². The molecule has 21 heavy (non-hydrogen) atoms. The van der Waals surface area contributed by atoms with Gasteiger partial charge in [0.25, 0.3) is 0 Å². The maximum atomic E-state index is 6.56. The minimum Gasteiger partial charge on any atom is -0.497 e. The molecule has 114 valence electrons. The largest absolute Gasteiger partial charge is 0.497 e. The first-order valence-electron chi connectivity index (χ1n) is 7.86. The van der Waals surface area contributed by atoms with Gasteiger partial charge in [0.1, 0.15) is 11.6 Å². The molecule has 0 amide bonds. The second kappa shape index (κ2) is 5.34. The van der Waals surface area contributed by atoms with Crippen LogP contribution in [0.4, 0.5) is 0 Å². The average Bonchev–Trinajstić information content (AvgIpc) is 3.01. The zero-order valence-electron chi connectivity index (χ0n) is 13.2. The van der Waals surface area contributed by atoms with Crippen molar-refractivity contribution >= 4 is 11.0 Å². The topological polar surface area (TPSA) is 53.1 Å². The predicted octanol–water partition coefficient (Wildman–Crippen LogP) is 3.44. The number of hydrogen-bond acceptors (Lipinski definition) is 3. The molecular weight excluding hydrogens is 262 g/mol. The quantitative estimate of drug-likeness (QED) is 0.937. The molecule has 1 aliphatic rings. The van der Waals surface area contributed by atoms with Gasteiger partial charge < -0.3 is 15.0 Å². The molecule has 1 aromatic carbocycles. The van der Waals surface area contributed by atoms with Gasteiger partial charge in [-0.05, 0) is 38.8 Å². The molecule has 1 saturated carbocycles. The van der Waals surface area contributed by atoms with Gasteiger partial charge in [-0.15, -0.1) is 0 Å². The Balaban J connectivity index is 2.05. The summed E-state index contributed by atoms with van der Waals surface area (Å²) >= 11 is 0. The van der Waals surface area contributed by atoms with Crippen molar-refractivity contribution in [2.24, 2.45) is 5.73 Å². The van der Waals surface area contributed by atoms with Crippen LogP contribution in [0.5, 0.6) is 5.75 Å². The fourth-order valence-corrected chi connectivity index (χ4v) is 3.53. The lowest BCUT2D eigenvalue weighted by Crippen LogP contribution is -2.39. The number of nitrogens with zero attached hydrogens (tertiary/aromatic N) is 2. The summed E-state index contributed by atoms with van der Waals surface area (Å²) in [5.74, 6) is 1.96. The summed E-state index contributed by atoms with van der Waals surface area (Å²) in [4.78, 5) is 4.85. The van der Waals surface area contributed by atoms with Crippen LogP contribution in [0.2, 0.25) is 0 Å². The molecule has 2 N–H and O–H groups in total. The maximum absolute atomic E-state index is 6.56. The van der Waals surface area contributed by atoms with Crippen molar-refractivity contribution in [2.45, 2.75) is 57.5 Å². The van der Waals surface area contributed by atoms with Crippen LogP contribution in [-0.2, 0) is 6.42 Å². The first kappa shape index (κ1) is 14.4. The predicted molar refractivity (Wildman–Crippen MR) is 85.8 cm³/mol. The van der Waals surface area contributed by atoms with Gasteiger partial charge in [-0.25, -0.2) is 4.98 Å². The van der Waals surface area contributed by atoms with Gasteiger partial charge >= 0.3 is 0 Å². The first-order chi connectivity index (χ1) is 10.0. The van der Waals surface area contributed by atoms with E-state index in [2.05, 4.69) is 24.5 Å². The number of nitrogens with two attached hydrogens (primary N) is 1. The van der Waals surface area contributed by atoms with Crippen molar-refractivity contribution in [3.8, 4) is 5.75 Å². The van der Waals surface area contributed by atoms with E-state index in [-0.39, 0.29) is 5.54 Å². The zero-order valence-corrected chi connectivity index (χ0v) is 13.2. The van der Waals surface area contributed by atoms with Crippen LogP contribution in [0, 0.1) is 0 Å². The fourth-order valence-electron chi connectivity index (χ4n) is 3.53. The van der Waals surface area contributed by atoms with Gasteiger partial charge in [0, 0.05) is 24.1 Å². The molecule has 1 heterocycles. The Morgan fingerprint density at radius 3 is 2.67 bits per heavy atom. The van der Waals surface area contributed by atoms with E-state index in [1.165, 1.54) is 18.4 Å². The maximum Gasteiger partial charge on any atom is 0.121 e. The van der Waals surface area contributed by atoms with E-state index in [0.717, 1.165) is 36.4 Å². The Hall–Kier alpha value is -1.55. The molecule has 0 bridgehead atoms. The highest BCUT2D eigenvalue weighted by molar-refractivity contribution is 5.78. The summed E-state index contributed by atoms with van der Waals surface area (Å²) in [6.07, 6.45) is 5.57. The summed E-state index contributed by atoms with van der Waals surface area (Å²) in [5.41, 5.74) is 8.66. The van der Waals surface area contributed by atoms with E-state index >= 15 is 0 Å². The third kappa shape index (κ3) is 2.64. The second-order valence-electron chi connectivity index (χ2n) is 6.59. The molecule has 1 fully saturated rings. The summed E-state index contributed by atoms with van der Waals surface area (Å²) in [6.45, 7) is 4.40. The number of rotatable bonds is 4. The van der Waals surface area contributed by atoms with Gasteiger partial charge in [0.15, 0.2) is 0 Å². The van der Waals surface area contributed by atoms with E-state index in [1.54, 1.807) is 7.11 Å². The lowest BCUT2D eigenvalue weighted by molar-refractivity contribution is 0.413. The van der Waals surface area contributed by atoms with Crippen molar-refractivity contribution in [2.75, 3.05) is 7.11 Å². The highest BCUT2D eigenvalue weighted by Crippen LogP contribution is 2.32. The number of aromatic nitrogens is 2. The number of benzene rings is 1. The van der Waals surface area contributed by atoms with Crippen molar-refractivity contribution in [1.29, 1.82) is 0 Å². The van der Waals surface area contributed by atoms with Crippen LogP contribution in [0.15, 0.2) is 18.2 Å². The molecule has 0 radical (unpaired) electrons. The Morgan fingerprint density at radius 1 is 1.33 bits per heavy atom. The number of methoxy groups -OCH3 is 1. The molecule has 2 aromatic rings. The Bertz CT molecular complexity index is 639. The van der Waals surface area contributed by atoms with Crippen LogP contribution < -0.4 is 10.5 Å². The fraction of sp³-hybridized carbons (Fsp3) is 0.588. The van der Waals surface area contributed by atoms with Gasteiger partial charge in [0.05, 0.1) is 18.1 Å². The molecule has 0 atom stereocenters. The second-order valence-corrected chi connectivity index (χ2v) is 6.59. The van der Waals surface area contributed by atoms with Gasteiger partial charge in [-0.2, -0.15) is 0 Å². The molecular formula is C17H25N3O. The highest BCUT2D eigenvalue weighted by Gasteiger charge is 2.31. The molecule has 0 unspecified atom stereocenters. The summed E-state index contributed by atoms with van der Waals surface area (Å²) < 4.78 is 7.63. The molecule has 4 nitrogen and oxygen atoms in total. The van der Waals surface area contributed by atoms with E-state index in [4.69, 9.17) is 15.5 Å². The normalized spacial score (nSPS) is 17.8. The molecule has 3 rings (SSSR count). The van der Waals surface area contributed by atoms with E-state index < -0.39 is 0 Å². The minimum atomic E-state index is -0.0713. The van der Waals surface area contributed by atoms with E-state index in [1.807, 2.05) is 12.1 Å². The Kier molecular flexibility index (Phi) is 3.66. The average molecular weight is 287 g/mol. The monoisotopic (exact) mass is 287 g/mol. The van der Waals surface area contributed by atoms with Crippen LogP contribution in [0.3, 0.4) is 0 Å². The van der Waals surface area contributed by atoms with Gasteiger partial charge in [-0.1, -0.05) is 12.8 Å². The van der Waals surface area contributed by atoms with Crippen LogP contribution in [0.1, 0.15) is 51.4 Å². The lowest BCUT2D eigenvalue weighted by Gasteiger charge is -2.24. The molecule has 1 aliphatic carbocycles. The van der Waals surface area contributed by atoms with Crippen LogP contribution in [0.25, 0.3) is 11.0 Å². The molecule has 1 aromatic heterocycles. The number of imidazole rings is 1. The van der Waals surface area contributed by atoms with Crippen molar-refractivity contribution in [3.63, 3.8) is 0 Å². The van der Waals surface area contributed by atoms with Crippen molar-refractivity contribution < 1.29 is 4.74 Å². The standard InChI is InChI=1S/C17H25N3O/c1-12(2)20-15-7-6-13(21-3)10-14(15)19-16(20)11-17(18)8-4-5-9-17/h6-7,10,12H,4-5,8-9,11,18H2,1-3H3. The summed E-state index contributed by atoms with van der Waals surface area (Å²) in [6, 6.07) is 6.49. The molecule has 0 saturated heterocycles. The smallest absolute Gasteiger partial charge is 0.121 e. The van der Waals surface area contributed by atoms with E-state index in [9.17, 15) is 0 Å². The highest BCUT2D eigenvalue weighted by atomic mass is 16.5.